The van der Waals surface area contributed by atoms with E-state index in [-0.39, 0.29) is 0 Å². The Morgan fingerprint density at radius 2 is 1.80 bits per heavy atom. The molecule has 6 atom stereocenters. The first-order valence-corrected chi connectivity index (χ1v) is 10.5. The average Bonchev–Trinajstić information content (AvgIpc) is 2.63. The van der Waals surface area contributed by atoms with Gasteiger partial charge in [-0.2, -0.15) is 0 Å². The molecule has 138 valence electrons. The van der Waals surface area contributed by atoms with Crippen LogP contribution in [0.5, 0.6) is 5.75 Å². The lowest BCUT2D eigenvalue weighted by atomic mass is 9.54. The first-order chi connectivity index (χ1) is 12.2. The molecule has 1 aromatic rings. The van der Waals surface area contributed by atoms with E-state index in [0.29, 0.717) is 12.7 Å². The molecular formula is C23H34O2. The zero-order valence-electron chi connectivity index (χ0n) is 16.0. The van der Waals surface area contributed by atoms with Gasteiger partial charge in [0.1, 0.15) is 5.75 Å². The fourth-order valence-corrected chi connectivity index (χ4v) is 5.91. The minimum absolute atomic E-state index is 0.393. The molecule has 0 saturated heterocycles. The molecule has 4 rings (SSSR count). The molecule has 0 aliphatic heterocycles. The normalized spacial score (nSPS) is 34.7. The molecule has 3 aliphatic rings. The van der Waals surface area contributed by atoms with Gasteiger partial charge in [0.05, 0.1) is 6.61 Å². The van der Waals surface area contributed by atoms with E-state index >= 15 is 0 Å². The molecule has 2 nitrogen and oxygen atoms in total. The van der Waals surface area contributed by atoms with Gasteiger partial charge in [-0.05, 0) is 91.7 Å². The first-order valence-electron chi connectivity index (χ1n) is 10.5. The molecule has 0 spiro atoms. The molecule has 3 aliphatic carbocycles. The molecule has 2 heteroatoms. The Hall–Kier alpha value is -1.02. The third-order valence-electron chi connectivity index (χ3n) is 7.40. The zero-order chi connectivity index (χ0) is 17.2. The lowest BCUT2D eigenvalue weighted by molar-refractivity contribution is -0.0691. The predicted molar refractivity (Wildman–Crippen MR) is 102 cm³/mol. The summed E-state index contributed by atoms with van der Waals surface area (Å²) in [6, 6.07) is 8.53. The summed E-state index contributed by atoms with van der Waals surface area (Å²) in [5.74, 6) is 6.31. The second kappa shape index (κ2) is 7.70. The summed E-state index contributed by atoms with van der Waals surface area (Å²) in [6.07, 6.45) is 10.0. The lowest BCUT2D eigenvalue weighted by Gasteiger charge is -2.52. The second-order valence-corrected chi connectivity index (χ2v) is 8.95. The molecule has 0 radical (unpaired) electrons. The number of hydrogen-bond donors (Lipinski definition) is 0. The number of benzene rings is 1. The highest BCUT2D eigenvalue weighted by Gasteiger charge is 2.45. The summed E-state index contributed by atoms with van der Waals surface area (Å²) < 4.78 is 11.8. The van der Waals surface area contributed by atoms with Crippen molar-refractivity contribution in [2.75, 3.05) is 13.4 Å². The van der Waals surface area contributed by atoms with Gasteiger partial charge in [0.25, 0.3) is 0 Å². The van der Waals surface area contributed by atoms with Gasteiger partial charge in [-0.25, -0.2) is 0 Å². The van der Waals surface area contributed by atoms with Crippen LogP contribution in [0.15, 0.2) is 24.3 Å². The van der Waals surface area contributed by atoms with Crippen molar-refractivity contribution in [3.05, 3.63) is 29.8 Å². The van der Waals surface area contributed by atoms with Crippen molar-refractivity contribution >= 4 is 0 Å². The molecule has 0 aromatic heterocycles. The van der Waals surface area contributed by atoms with Gasteiger partial charge in [0.2, 0.25) is 0 Å². The monoisotopic (exact) mass is 342 g/mol. The van der Waals surface area contributed by atoms with Crippen LogP contribution in [0.25, 0.3) is 0 Å². The third-order valence-corrected chi connectivity index (χ3v) is 7.40. The quantitative estimate of drug-likeness (QED) is 0.446. The van der Waals surface area contributed by atoms with Crippen LogP contribution >= 0.6 is 0 Å². The maximum atomic E-state index is 5.97. The van der Waals surface area contributed by atoms with Crippen molar-refractivity contribution in [3.63, 3.8) is 0 Å². The van der Waals surface area contributed by atoms with E-state index in [1.54, 1.807) is 0 Å². The Bertz CT molecular complexity index is 546. The van der Waals surface area contributed by atoms with Crippen molar-refractivity contribution in [1.82, 2.24) is 0 Å². The summed E-state index contributed by atoms with van der Waals surface area (Å²) in [6.45, 7) is 5.79. The summed E-state index contributed by atoms with van der Waals surface area (Å²) in [7, 11) is 0. The van der Waals surface area contributed by atoms with Crippen LogP contribution in [0.4, 0.5) is 0 Å². The van der Waals surface area contributed by atoms with Gasteiger partial charge in [-0.1, -0.05) is 32.4 Å². The van der Waals surface area contributed by atoms with E-state index in [9.17, 15) is 0 Å². The maximum Gasteiger partial charge on any atom is 0.189 e. The van der Waals surface area contributed by atoms with Gasteiger partial charge in [0.15, 0.2) is 6.79 Å². The Labute approximate surface area is 153 Å². The smallest absolute Gasteiger partial charge is 0.189 e. The Morgan fingerprint density at radius 1 is 1.00 bits per heavy atom. The minimum atomic E-state index is 0.393. The standard InChI is InChI=1S/C23H34O2/c1-3-16(2)19-5-7-22(8-6-19)25-15-24-14-21-13-18-10-17-4-9-23(21)20(11-17)12-18/h5-8,16-18,20-21,23H,3-4,9-15H2,1-2H3. The zero-order valence-corrected chi connectivity index (χ0v) is 16.0. The molecule has 0 amide bonds. The molecule has 0 heterocycles. The van der Waals surface area contributed by atoms with E-state index in [4.69, 9.17) is 9.47 Å². The van der Waals surface area contributed by atoms with Crippen molar-refractivity contribution in [3.8, 4) is 5.75 Å². The second-order valence-electron chi connectivity index (χ2n) is 8.95. The number of fused-ring (bicyclic) bond motifs is 2. The van der Waals surface area contributed by atoms with E-state index in [1.165, 1.54) is 50.5 Å². The maximum absolute atomic E-state index is 5.97. The average molecular weight is 343 g/mol. The van der Waals surface area contributed by atoms with Crippen LogP contribution in [0.2, 0.25) is 0 Å². The van der Waals surface area contributed by atoms with Crippen molar-refractivity contribution in [2.45, 2.75) is 64.7 Å². The SMILES string of the molecule is CCC(C)c1ccc(OCOCC2CC3CC4CCC2C(C4)C3)cc1. The van der Waals surface area contributed by atoms with E-state index < -0.39 is 0 Å². The Morgan fingerprint density at radius 3 is 2.60 bits per heavy atom. The van der Waals surface area contributed by atoms with Crippen LogP contribution in [0.3, 0.4) is 0 Å². The van der Waals surface area contributed by atoms with Gasteiger partial charge in [0, 0.05) is 0 Å². The third kappa shape index (κ3) is 3.89. The molecule has 25 heavy (non-hydrogen) atoms. The molecule has 1 aromatic carbocycles. The lowest BCUT2D eigenvalue weighted by Crippen LogP contribution is -2.43. The van der Waals surface area contributed by atoms with Crippen LogP contribution in [-0.4, -0.2) is 13.4 Å². The highest BCUT2D eigenvalue weighted by Crippen LogP contribution is 2.54. The van der Waals surface area contributed by atoms with Gasteiger partial charge in [-0.3, -0.25) is 0 Å². The predicted octanol–water partition coefficient (Wildman–Crippen LogP) is 6.02. The summed E-state index contributed by atoms with van der Waals surface area (Å²) in [4.78, 5) is 0. The topological polar surface area (TPSA) is 18.5 Å². The van der Waals surface area contributed by atoms with E-state index in [1.807, 2.05) is 0 Å². The summed E-state index contributed by atoms with van der Waals surface area (Å²) >= 11 is 0. The summed E-state index contributed by atoms with van der Waals surface area (Å²) in [5.41, 5.74) is 1.39. The van der Waals surface area contributed by atoms with Gasteiger partial charge in [-0.15, -0.1) is 0 Å². The first kappa shape index (κ1) is 17.4. The van der Waals surface area contributed by atoms with Crippen molar-refractivity contribution < 1.29 is 9.47 Å². The van der Waals surface area contributed by atoms with Crippen molar-refractivity contribution in [1.29, 1.82) is 0 Å². The van der Waals surface area contributed by atoms with Gasteiger partial charge >= 0.3 is 0 Å². The molecule has 3 fully saturated rings. The van der Waals surface area contributed by atoms with Crippen LogP contribution in [0, 0.1) is 29.6 Å². The molecule has 3 bridgehead atoms. The van der Waals surface area contributed by atoms with Crippen LogP contribution in [0.1, 0.15) is 70.3 Å². The molecular weight excluding hydrogens is 308 g/mol. The number of rotatable bonds is 7. The summed E-state index contributed by atoms with van der Waals surface area (Å²) in [5, 5.41) is 0. The fraction of sp³-hybridized carbons (Fsp3) is 0.739. The Balaban J connectivity index is 1.23. The highest BCUT2D eigenvalue weighted by molar-refractivity contribution is 5.29. The van der Waals surface area contributed by atoms with Crippen molar-refractivity contribution in [2.24, 2.45) is 29.6 Å². The molecule has 6 unspecified atom stereocenters. The van der Waals surface area contributed by atoms with Crippen LogP contribution < -0.4 is 4.74 Å². The van der Waals surface area contributed by atoms with Gasteiger partial charge < -0.3 is 9.47 Å². The van der Waals surface area contributed by atoms with E-state index in [0.717, 1.165) is 41.9 Å². The largest absolute Gasteiger partial charge is 0.468 e. The minimum Gasteiger partial charge on any atom is -0.468 e. The van der Waals surface area contributed by atoms with Crippen LogP contribution in [-0.2, 0) is 4.74 Å². The number of ether oxygens (including phenoxy) is 2. The highest BCUT2D eigenvalue weighted by atomic mass is 16.7. The van der Waals surface area contributed by atoms with E-state index in [2.05, 4.69) is 38.1 Å². The molecule has 3 saturated carbocycles. The molecule has 0 N–H and O–H groups in total. The number of hydrogen-bond acceptors (Lipinski definition) is 2. The Kier molecular flexibility index (Phi) is 5.36. The fourth-order valence-electron chi connectivity index (χ4n) is 5.91.